The maximum atomic E-state index is 11.5. The van der Waals surface area contributed by atoms with E-state index >= 15 is 0 Å². The number of aliphatic imine (C=N–C) groups is 3. The molecule has 0 aliphatic carbocycles. The number of fused-ring (bicyclic) bond motifs is 1. The molecule has 3 rings (SSSR count). The average molecular weight is 413 g/mol. The number of aliphatic hydroxyl groups is 1. The molecule has 14 nitrogen and oxygen atoms in total. The summed E-state index contributed by atoms with van der Waals surface area (Å²) >= 11 is 0. The van der Waals surface area contributed by atoms with E-state index in [-0.39, 0.29) is 12.3 Å². The molecule has 0 aromatic heterocycles. The third-order valence-electron chi connectivity index (χ3n) is 3.83. The van der Waals surface area contributed by atoms with Crippen LogP contribution in [0.1, 0.15) is 6.42 Å². The summed E-state index contributed by atoms with van der Waals surface area (Å²) in [6.07, 6.45) is -0.369. The Morgan fingerprint density at radius 3 is 2.77 bits per heavy atom. The van der Waals surface area contributed by atoms with Crippen LogP contribution < -0.4 is 5.73 Å². The second-order valence-corrected chi connectivity index (χ2v) is 8.49. The van der Waals surface area contributed by atoms with Gasteiger partial charge in [-0.25, -0.2) is 19.1 Å². The SMILES string of the molecule is NC1=NC=NC2C1N=CN2[C@H]1CC(O)[C@@H](COP(=O)(O)OP(=O)(O)O)O1. The Balaban J connectivity index is 1.58. The third kappa shape index (κ3) is 4.36. The molecule has 1 fully saturated rings. The first-order valence-corrected chi connectivity index (χ1v) is 10.3. The van der Waals surface area contributed by atoms with Crippen LogP contribution in [-0.4, -0.2) is 80.4 Å². The predicted molar refractivity (Wildman–Crippen MR) is 86.2 cm³/mol. The molecule has 6 atom stereocenters. The standard InChI is InChI=1S/C10H17N5O9P2/c11-9-8-10(13-3-12-9)15(4-14-8)7-1-5(16)6(23-7)2-22-26(20,21)24-25(17,18)19/h3-8,10,16H,1-2H2,(H,20,21)(H2,11,12,13)(H2,17,18,19)/t5?,6-,7-,8?,10?/m1/s1. The van der Waals surface area contributed by atoms with Gasteiger partial charge < -0.3 is 35.2 Å². The summed E-state index contributed by atoms with van der Waals surface area (Å²) < 4.78 is 35.8. The van der Waals surface area contributed by atoms with E-state index in [0.717, 1.165) is 0 Å². The van der Waals surface area contributed by atoms with Crippen molar-refractivity contribution in [2.75, 3.05) is 6.61 Å². The van der Waals surface area contributed by atoms with Gasteiger partial charge in [-0.3, -0.25) is 9.52 Å². The molecule has 6 N–H and O–H groups in total. The Kier molecular flexibility index (Phi) is 5.32. The van der Waals surface area contributed by atoms with Crippen molar-refractivity contribution < 1.29 is 42.5 Å². The number of nitrogens with two attached hydrogens (primary N) is 1. The van der Waals surface area contributed by atoms with Crippen LogP contribution in [0.25, 0.3) is 0 Å². The molecule has 0 saturated carbocycles. The van der Waals surface area contributed by atoms with E-state index in [4.69, 9.17) is 20.3 Å². The van der Waals surface area contributed by atoms with Crippen molar-refractivity contribution in [3.8, 4) is 0 Å². The van der Waals surface area contributed by atoms with E-state index in [2.05, 4.69) is 23.8 Å². The molecular formula is C10H17N5O9P2. The van der Waals surface area contributed by atoms with Gasteiger partial charge >= 0.3 is 15.6 Å². The molecule has 3 aliphatic rings. The van der Waals surface area contributed by atoms with Gasteiger partial charge in [0.25, 0.3) is 0 Å². The molecule has 0 bridgehead atoms. The lowest BCUT2D eigenvalue weighted by Crippen LogP contribution is -2.47. The van der Waals surface area contributed by atoms with Gasteiger partial charge in [-0.2, -0.15) is 4.31 Å². The van der Waals surface area contributed by atoms with Crippen molar-refractivity contribution in [2.45, 2.75) is 37.1 Å². The number of ether oxygens (including phenoxy) is 1. The van der Waals surface area contributed by atoms with Crippen molar-refractivity contribution in [1.82, 2.24) is 4.90 Å². The summed E-state index contributed by atoms with van der Waals surface area (Å²) in [4.78, 5) is 40.2. The maximum Gasteiger partial charge on any atom is 0.481 e. The van der Waals surface area contributed by atoms with Gasteiger partial charge in [-0.05, 0) is 0 Å². The Bertz CT molecular complexity index is 738. The van der Waals surface area contributed by atoms with Gasteiger partial charge in [0.1, 0.15) is 30.5 Å². The van der Waals surface area contributed by atoms with Gasteiger partial charge in [-0.15, -0.1) is 0 Å². The van der Waals surface area contributed by atoms with E-state index in [1.54, 1.807) is 4.90 Å². The number of phosphoric ester groups is 1. The molecule has 0 spiro atoms. The van der Waals surface area contributed by atoms with Crippen molar-refractivity contribution >= 4 is 34.2 Å². The first-order valence-electron chi connectivity index (χ1n) is 7.29. The van der Waals surface area contributed by atoms with Crippen LogP contribution in [-0.2, 0) is 22.7 Å². The number of rotatable bonds is 6. The summed E-state index contributed by atoms with van der Waals surface area (Å²) in [5.74, 6) is 0.290. The van der Waals surface area contributed by atoms with Crippen molar-refractivity contribution in [3.05, 3.63) is 0 Å². The monoisotopic (exact) mass is 413 g/mol. The Labute approximate surface area is 146 Å². The fourth-order valence-corrected chi connectivity index (χ4v) is 4.31. The normalized spacial score (nSPS) is 36.1. The summed E-state index contributed by atoms with van der Waals surface area (Å²) in [5, 5.41) is 10.1. The van der Waals surface area contributed by atoms with E-state index in [1.807, 2.05) is 0 Å². The fourth-order valence-electron chi connectivity index (χ4n) is 2.71. The first kappa shape index (κ1) is 19.5. The zero-order valence-electron chi connectivity index (χ0n) is 13.0. The van der Waals surface area contributed by atoms with Gasteiger partial charge in [0, 0.05) is 6.42 Å². The van der Waals surface area contributed by atoms with Crippen molar-refractivity contribution in [2.24, 2.45) is 20.7 Å². The molecular weight excluding hydrogens is 396 g/mol. The number of nitrogens with zero attached hydrogens (tertiary/aromatic N) is 4. The quantitative estimate of drug-likeness (QED) is 0.304. The Morgan fingerprint density at radius 1 is 1.35 bits per heavy atom. The number of amidine groups is 1. The molecule has 0 amide bonds. The average Bonchev–Trinajstić information content (AvgIpc) is 3.07. The Hall–Kier alpha value is -1.21. The molecule has 16 heteroatoms. The minimum atomic E-state index is -5.22. The molecule has 26 heavy (non-hydrogen) atoms. The van der Waals surface area contributed by atoms with Gasteiger partial charge in [-0.1, -0.05) is 0 Å². The number of hydrogen-bond donors (Lipinski definition) is 5. The lowest BCUT2D eigenvalue weighted by molar-refractivity contribution is -0.0618. The highest BCUT2D eigenvalue weighted by atomic mass is 31.3. The van der Waals surface area contributed by atoms with Crippen LogP contribution in [0.5, 0.6) is 0 Å². The summed E-state index contributed by atoms with van der Waals surface area (Å²) in [7, 11) is -10.2. The molecule has 0 aromatic carbocycles. The summed E-state index contributed by atoms with van der Waals surface area (Å²) in [6.45, 7) is -0.628. The minimum absolute atomic E-state index is 0.116. The molecule has 146 valence electrons. The molecule has 1 saturated heterocycles. The molecule has 4 unspecified atom stereocenters. The first-order chi connectivity index (χ1) is 12.1. The van der Waals surface area contributed by atoms with Gasteiger partial charge in [0.05, 0.1) is 19.0 Å². The van der Waals surface area contributed by atoms with Crippen LogP contribution in [0, 0.1) is 0 Å². The molecule has 0 radical (unpaired) electrons. The van der Waals surface area contributed by atoms with Crippen LogP contribution >= 0.6 is 15.6 Å². The van der Waals surface area contributed by atoms with Gasteiger partial charge in [0.2, 0.25) is 0 Å². The maximum absolute atomic E-state index is 11.5. The van der Waals surface area contributed by atoms with Gasteiger partial charge in [0.15, 0.2) is 6.17 Å². The zero-order chi connectivity index (χ0) is 19.1. The largest absolute Gasteiger partial charge is 0.481 e. The predicted octanol–water partition coefficient (Wildman–Crippen LogP) is -1.87. The van der Waals surface area contributed by atoms with E-state index < -0.39 is 52.9 Å². The van der Waals surface area contributed by atoms with Crippen LogP contribution in [0.2, 0.25) is 0 Å². The number of aliphatic hydroxyl groups excluding tert-OH is 1. The highest BCUT2D eigenvalue weighted by Crippen LogP contribution is 2.57. The van der Waals surface area contributed by atoms with E-state index in [0.29, 0.717) is 0 Å². The fraction of sp³-hybridized carbons (Fsp3) is 0.700. The van der Waals surface area contributed by atoms with Crippen molar-refractivity contribution in [3.63, 3.8) is 0 Å². The van der Waals surface area contributed by atoms with E-state index in [9.17, 15) is 19.1 Å². The highest BCUT2D eigenvalue weighted by Gasteiger charge is 2.45. The topological polar surface area (TPSA) is 209 Å². The summed E-state index contributed by atoms with van der Waals surface area (Å²) in [5.41, 5.74) is 5.75. The zero-order valence-corrected chi connectivity index (χ0v) is 14.8. The molecule has 0 aromatic rings. The lowest BCUT2D eigenvalue weighted by Gasteiger charge is -2.30. The molecule has 3 aliphatic heterocycles. The Morgan fingerprint density at radius 2 is 2.08 bits per heavy atom. The number of hydrogen-bond acceptors (Lipinski definition) is 11. The molecule has 3 heterocycles. The van der Waals surface area contributed by atoms with Crippen LogP contribution in [0.15, 0.2) is 15.0 Å². The minimum Gasteiger partial charge on any atom is -0.390 e. The van der Waals surface area contributed by atoms with Crippen LogP contribution in [0.3, 0.4) is 0 Å². The second kappa shape index (κ2) is 7.08. The van der Waals surface area contributed by atoms with Crippen LogP contribution in [0.4, 0.5) is 0 Å². The number of phosphoric acid groups is 2. The van der Waals surface area contributed by atoms with E-state index in [1.165, 1.54) is 12.7 Å². The summed E-state index contributed by atoms with van der Waals surface area (Å²) in [6, 6.07) is -0.467. The lowest BCUT2D eigenvalue weighted by atomic mass is 10.1. The highest BCUT2D eigenvalue weighted by molar-refractivity contribution is 7.60. The second-order valence-electron chi connectivity index (χ2n) is 5.66. The smallest absolute Gasteiger partial charge is 0.390 e. The van der Waals surface area contributed by atoms with Crippen molar-refractivity contribution in [1.29, 1.82) is 0 Å². The third-order valence-corrected chi connectivity index (χ3v) is 5.98.